The Hall–Kier alpha value is -0.820. The molecule has 21 heavy (non-hydrogen) atoms. The fourth-order valence-electron chi connectivity index (χ4n) is 1.90. The third kappa shape index (κ3) is 3.88. The number of carboxylic acids is 1. The van der Waals surface area contributed by atoms with Gasteiger partial charge in [-0.05, 0) is 25.5 Å². The van der Waals surface area contributed by atoms with Crippen LogP contribution in [0, 0.1) is 0 Å². The molecule has 0 aromatic heterocycles. The quantitative estimate of drug-likeness (QED) is 0.848. The van der Waals surface area contributed by atoms with Gasteiger partial charge in [0.25, 0.3) is 0 Å². The van der Waals surface area contributed by atoms with Crippen molar-refractivity contribution in [2.45, 2.75) is 37.6 Å². The molecule has 1 rings (SSSR count). The van der Waals surface area contributed by atoms with Gasteiger partial charge < -0.3 is 5.11 Å². The molecular weight excluding hydrogens is 337 g/mol. The van der Waals surface area contributed by atoms with E-state index in [2.05, 4.69) is 0 Å². The van der Waals surface area contributed by atoms with Crippen LogP contribution in [0.15, 0.2) is 17.0 Å². The molecule has 1 N–H and O–H groups in total. The molecule has 0 spiro atoms. The fourth-order valence-corrected chi connectivity index (χ4v) is 4.17. The predicted molar refractivity (Wildman–Crippen MR) is 82.7 cm³/mol. The second-order valence-corrected chi connectivity index (χ2v) is 7.51. The first kappa shape index (κ1) is 18.2. The number of rotatable bonds is 6. The molecule has 118 valence electrons. The molecule has 0 saturated heterocycles. The summed E-state index contributed by atoms with van der Waals surface area (Å²) in [5.41, 5.74) is -0.334. The minimum Gasteiger partial charge on any atom is -0.478 e. The Morgan fingerprint density at radius 3 is 2.43 bits per heavy atom. The van der Waals surface area contributed by atoms with Crippen LogP contribution in [0.4, 0.5) is 0 Å². The van der Waals surface area contributed by atoms with E-state index >= 15 is 0 Å². The zero-order valence-corrected chi connectivity index (χ0v) is 14.3. The first-order valence-corrected chi connectivity index (χ1v) is 8.52. The van der Waals surface area contributed by atoms with Crippen LogP contribution in [0.3, 0.4) is 0 Å². The summed E-state index contributed by atoms with van der Waals surface area (Å²) in [6.07, 6.45) is 1.50. The van der Waals surface area contributed by atoms with Crippen molar-refractivity contribution in [1.29, 1.82) is 0 Å². The minimum absolute atomic E-state index is 0.00641. The van der Waals surface area contributed by atoms with Crippen LogP contribution in [0.5, 0.6) is 0 Å². The standard InChI is InChI=1S/C13H17Cl2NO4S/c1-4-5-8(2)16(3)21(19,20)11-7-9(14)6-10(12(11)15)13(17)18/h6-8H,4-5H2,1-3H3,(H,17,18). The number of benzene rings is 1. The van der Waals surface area contributed by atoms with Gasteiger partial charge >= 0.3 is 5.97 Å². The summed E-state index contributed by atoms with van der Waals surface area (Å²) in [4.78, 5) is 10.8. The highest BCUT2D eigenvalue weighted by atomic mass is 35.5. The summed E-state index contributed by atoms with van der Waals surface area (Å²) in [7, 11) is -2.48. The lowest BCUT2D eigenvalue weighted by molar-refractivity contribution is 0.0697. The van der Waals surface area contributed by atoms with E-state index in [1.54, 1.807) is 6.92 Å². The molecule has 0 amide bonds. The van der Waals surface area contributed by atoms with Crippen LogP contribution < -0.4 is 0 Å². The SMILES string of the molecule is CCCC(C)N(C)S(=O)(=O)c1cc(Cl)cc(C(=O)O)c1Cl. The van der Waals surface area contributed by atoms with Gasteiger partial charge in [0.1, 0.15) is 4.90 Å². The average molecular weight is 354 g/mol. The molecule has 0 radical (unpaired) electrons. The van der Waals surface area contributed by atoms with Crippen LogP contribution in [0.1, 0.15) is 37.0 Å². The van der Waals surface area contributed by atoms with Crippen LogP contribution >= 0.6 is 23.2 Å². The van der Waals surface area contributed by atoms with E-state index in [-0.39, 0.29) is 26.5 Å². The summed E-state index contributed by atoms with van der Waals surface area (Å²) >= 11 is 11.8. The highest BCUT2D eigenvalue weighted by Crippen LogP contribution is 2.32. The molecule has 0 aliphatic carbocycles. The van der Waals surface area contributed by atoms with E-state index in [0.29, 0.717) is 6.42 Å². The molecular formula is C13H17Cl2NO4S. The number of hydrogen-bond donors (Lipinski definition) is 1. The lowest BCUT2D eigenvalue weighted by Gasteiger charge is -2.24. The van der Waals surface area contributed by atoms with Crippen molar-refractivity contribution in [3.8, 4) is 0 Å². The van der Waals surface area contributed by atoms with Gasteiger partial charge in [0.2, 0.25) is 10.0 Å². The van der Waals surface area contributed by atoms with E-state index in [4.69, 9.17) is 28.3 Å². The topological polar surface area (TPSA) is 74.7 Å². The number of nitrogens with zero attached hydrogens (tertiary/aromatic N) is 1. The van der Waals surface area contributed by atoms with Crippen molar-refractivity contribution in [3.05, 3.63) is 27.7 Å². The first-order chi connectivity index (χ1) is 9.62. The molecule has 0 fully saturated rings. The van der Waals surface area contributed by atoms with Gasteiger partial charge in [0, 0.05) is 18.1 Å². The van der Waals surface area contributed by atoms with Gasteiger partial charge in [-0.25, -0.2) is 13.2 Å². The van der Waals surface area contributed by atoms with E-state index in [1.165, 1.54) is 17.4 Å². The van der Waals surface area contributed by atoms with E-state index < -0.39 is 16.0 Å². The lowest BCUT2D eigenvalue weighted by Crippen LogP contribution is -2.35. The Morgan fingerprint density at radius 2 is 1.95 bits per heavy atom. The highest BCUT2D eigenvalue weighted by molar-refractivity contribution is 7.89. The minimum atomic E-state index is -3.92. The molecule has 5 nitrogen and oxygen atoms in total. The van der Waals surface area contributed by atoms with Gasteiger partial charge in [-0.3, -0.25) is 0 Å². The normalized spacial score (nSPS) is 13.4. The molecule has 0 heterocycles. The van der Waals surface area contributed by atoms with Crippen LogP contribution in [-0.2, 0) is 10.0 Å². The van der Waals surface area contributed by atoms with Crippen molar-refractivity contribution in [3.63, 3.8) is 0 Å². The Balaban J connectivity index is 3.42. The summed E-state index contributed by atoms with van der Waals surface area (Å²) in [6.45, 7) is 3.73. The van der Waals surface area contributed by atoms with Gasteiger partial charge in [-0.1, -0.05) is 36.5 Å². The summed E-state index contributed by atoms with van der Waals surface area (Å²) in [5, 5.41) is 8.74. The largest absolute Gasteiger partial charge is 0.478 e. The molecule has 1 aromatic rings. The van der Waals surface area contributed by atoms with Crippen LogP contribution in [0.2, 0.25) is 10.0 Å². The monoisotopic (exact) mass is 353 g/mol. The van der Waals surface area contributed by atoms with Crippen molar-refractivity contribution in [2.24, 2.45) is 0 Å². The highest BCUT2D eigenvalue weighted by Gasteiger charge is 2.29. The maximum absolute atomic E-state index is 12.6. The average Bonchev–Trinajstić information content (AvgIpc) is 2.39. The predicted octanol–water partition coefficient (Wildman–Crippen LogP) is 3.50. The number of halogens is 2. The number of aromatic carboxylic acids is 1. The van der Waals surface area contributed by atoms with E-state index in [9.17, 15) is 13.2 Å². The summed E-state index contributed by atoms with van der Waals surface area (Å²) in [5.74, 6) is -1.33. The molecule has 0 aliphatic heterocycles. The molecule has 0 bridgehead atoms. The lowest BCUT2D eigenvalue weighted by atomic mass is 10.2. The molecule has 1 unspecified atom stereocenters. The molecule has 1 atom stereocenters. The maximum Gasteiger partial charge on any atom is 0.337 e. The van der Waals surface area contributed by atoms with Gasteiger partial charge in [-0.2, -0.15) is 4.31 Å². The van der Waals surface area contributed by atoms with Crippen molar-refractivity contribution in [2.75, 3.05) is 7.05 Å². The summed E-state index contributed by atoms with van der Waals surface area (Å²) < 4.78 is 26.4. The van der Waals surface area contributed by atoms with Gasteiger partial charge in [0.15, 0.2) is 0 Å². The zero-order chi connectivity index (χ0) is 16.4. The second-order valence-electron chi connectivity index (χ2n) is 4.73. The zero-order valence-electron chi connectivity index (χ0n) is 11.9. The third-order valence-corrected chi connectivity index (χ3v) is 5.95. The van der Waals surface area contributed by atoms with Gasteiger partial charge in [-0.15, -0.1) is 0 Å². The first-order valence-electron chi connectivity index (χ1n) is 6.33. The number of carbonyl (C=O) groups is 1. The molecule has 0 saturated carbocycles. The Morgan fingerprint density at radius 1 is 1.38 bits per heavy atom. The van der Waals surface area contributed by atoms with Crippen molar-refractivity contribution >= 4 is 39.2 Å². The number of sulfonamides is 1. The van der Waals surface area contributed by atoms with Gasteiger partial charge in [0.05, 0.1) is 10.6 Å². The molecule has 8 heteroatoms. The van der Waals surface area contributed by atoms with Crippen LogP contribution in [-0.4, -0.2) is 36.9 Å². The van der Waals surface area contributed by atoms with E-state index in [1.807, 2.05) is 6.92 Å². The Kier molecular flexibility index (Phi) is 6.04. The number of hydrogen-bond acceptors (Lipinski definition) is 3. The van der Waals surface area contributed by atoms with Crippen LogP contribution in [0.25, 0.3) is 0 Å². The Bertz CT molecular complexity index is 646. The maximum atomic E-state index is 12.6. The van der Waals surface area contributed by atoms with E-state index in [0.717, 1.165) is 12.5 Å². The fraction of sp³-hybridized carbons (Fsp3) is 0.462. The van der Waals surface area contributed by atoms with Crippen molar-refractivity contribution < 1.29 is 18.3 Å². The smallest absolute Gasteiger partial charge is 0.337 e. The van der Waals surface area contributed by atoms with Crippen molar-refractivity contribution in [1.82, 2.24) is 4.31 Å². The Labute approximate surface area is 134 Å². The third-order valence-electron chi connectivity index (χ3n) is 3.22. The molecule has 0 aliphatic rings. The summed E-state index contributed by atoms with van der Waals surface area (Å²) in [6, 6.07) is 2.06. The number of carboxylic acid groups (broad SMARTS) is 1. The second kappa shape index (κ2) is 6.96. The molecule has 1 aromatic carbocycles.